The summed E-state index contributed by atoms with van der Waals surface area (Å²) in [5, 5.41) is 14.9. The quantitative estimate of drug-likeness (QED) is 0.339. The van der Waals surface area contributed by atoms with Gasteiger partial charge in [0, 0.05) is 25.6 Å². The van der Waals surface area contributed by atoms with Gasteiger partial charge in [0.15, 0.2) is 5.69 Å². The summed E-state index contributed by atoms with van der Waals surface area (Å²) >= 11 is 0. The SMILES string of the molecule is CCN(CCC(N)=NO)C(=O)c1cc(C)on1. The first-order chi connectivity index (χ1) is 8.08. The Bertz CT molecular complexity index is 413. The Morgan fingerprint density at radius 1 is 1.71 bits per heavy atom. The topological polar surface area (TPSA) is 105 Å². The zero-order valence-electron chi connectivity index (χ0n) is 9.88. The summed E-state index contributed by atoms with van der Waals surface area (Å²) in [6, 6.07) is 1.58. The van der Waals surface area contributed by atoms with Crippen LogP contribution in [0.3, 0.4) is 0 Å². The van der Waals surface area contributed by atoms with Crippen LogP contribution in [0.15, 0.2) is 15.7 Å². The van der Waals surface area contributed by atoms with Crippen molar-refractivity contribution in [1.29, 1.82) is 0 Å². The van der Waals surface area contributed by atoms with E-state index in [1.54, 1.807) is 17.9 Å². The van der Waals surface area contributed by atoms with Gasteiger partial charge in [-0.1, -0.05) is 10.3 Å². The maximum absolute atomic E-state index is 12.0. The zero-order chi connectivity index (χ0) is 12.8. The predicted molar refractivity (Wildman–Crippen MR) is 60.8 cm³/mol. The minimum absolute atomic E-state index is 0.0904. The van der Waals surface area contributed by atoms with Crippen molar-refractivity contribution < 1.29 is 14.5 Å². The first-order valence-electron chi connectivity index (χ1n) is 5.27. The van der Waals surface area contributed by atoms with Gasteiger partial charge in [-0.25, -0.2) is 0 Å². The Kier molecular flexibility index (Phi) is 4.50. The second-order valence-corrected chi connectivity index (χ2v) is 3.55. The Morgan fingerprint density at radius 2 is 2.41 bits per heavy atom. The molecule has 0 saturated heterocycles. The molecule has 0 aliphatic carbocycles. The molecule has 3 N–H and O–H groups in total. The Hall–Kier alpha value is -2.05. The molecule has 0 radical (unpaired) electrons. The van der Waals surface area contributed by atoms with Gasteiger partial charge >= 0.3 is 0 Å². The molecule has 1 aromatic rings. The first-order valence-corrected chi connectivity index (χ1v) is 5.27. The number of aryl methyl sites for hydroxylation is 1. The summed E-state index contributed by atoms with van der Waals surface area (Å²) in [4.78, 5) is 13.5. The van der Waals surface area contributed by atoms with Gasteiger partial charge in [-0.2, -0.15) is 0 Å². The minimum Gasteiger partial charge on any atom is -0.409 e. The van der Waals surface area contributed by atoms with Crippen LogP contribution in [0.2, 0.25) is 0 Å². The highest BCUT2D eigenvalue weighted by Gasteiger charge is 2.17. The fraction of sp³-hybridized carbons (Fsp3) is 0.500. The highest BCUT2D eigenvalue weighted by Crippen LogP contribution is 2.06. The van der Waals surface area contributed by atoms with Crippen LogP contribution < -0.4 is 5.73 Å². The fourth-order valence-corrected chi connectivity index (χ4v) is 1.33. The average Bonchev–Trinajstić information content (AvgIpc) is 2.76. The Labute approximate surface area is 98.9 Å². The second kappa shape index (κ2) is 5.88. The van der Waals surface area contributed by atoms with Gasteiger partial charge in [0.25, 0.3) is 5.91 Å². The summed E-state index contributed by atoms with van der Waals surface area (Å²) in [7, 11) is 0. The lowest BCUT2D eigenvalue weighted by molar-refractivity contribution is 0.0758. The number of carbonyl (C=O) groups is 1. The van der Waals surface area contributed by atoms with Gasteiger partial charge < -0.3 is 20.4 Å². The lowest BCUT2D eigenvalue weighted by Gasteiger charge is -2.18. The van der Waals surface area contributed by atoms with Crippen LogP contribution in [-0.2, 0) is 0 Å². The maximum Gasteiger partial charge on any atom is 0.276 e. The molecule has 1 aromatic heterocycles. The van der Waals surface area contributed by atoms with Crippen molar-refractivity contribution in [3.05, 3.63) is 17.5 Å². The van der Waals surface area contributed by atoms with E-state index < -0.39 is 0 Å². The van der Waals surface area contributed by atoms with E-state index in [1.165, 1.54) is 0 Å². The van der Waals surface area contributed by atoms with Crippen molar-refractivity contribution in [3.63, 3.8) is 0 Å². The third-order valence-electron chi connectivity index (χ3n) is 2.28. The van der Waals surface area contributed by atoms with Crippen LogP contribution >= 0.6 is 0 Å². The van der Waals surface area contributed by atoms with Crippen LogP contribution in [0.25, 0.3) is 0 Å². The summed E-state index contributed by atoms with van der Waals surface area (Å²) in [6.45, 7) is 4.45. The molecule has 0 atom stereocenters. The predicted octanol–water partition coefficient (Wildman–Crippen LogP) is 0.582. The van der Waals surface area contributed by atoms with E-state index in [1.807, 2.05) is 6.92 Å². The van der Waals surface area contributed by atoms with E-state index >= 15 is 0 Å². The van der Waals surface area contributed by atoms with E-state index in [0.29, 0.717) is 25.3 Å². The number of nitrogens with zero attached hydrogens (tertiary/aromatic N) is 3. The Balaban J connectivity index is 2.64. The van der Waals surface area contributed by atoms with Gasteiger partial charge in [-0.05, 0) is 13.8 Å². The third-order valence-corrected chi connectivity index (χ3v) is 2.28. The van der Waals surface area contributed by atoms with E-state index in [-0.39, 0.29) is 17.4 Å². The molecule has 0 bridgehead atoms. The number of carbonyl (C=O) groups excluding carboxylic acids is 1. The molecular weight excluding hydrogens is 224 g/mol. The van der Waals surface area contributed by atoms with Crippen molar-refractivity contribution in [3.8, 4) is 0 Å². The number of hydrogen-bond donors (Lipinski definition) is 2. The lowest BCUT2D eigenvalue weighted by Crippen LogP contribution is -2.34. The number of oxime groups is 1. The van der Waals surface area contributed by atoms with Gasteiger partial charge in [0.05, 0.1) is 0 Å². The van der Waals surface area contributed by atoms with Crippen molar-refractivity contribution in [2.75, 3.05) is 13.1 Å². The summed E-state index contributed by atoms with van der Waals surface area (Å²) < 4.78 is 4.84. The molecule has 0 aliphatic heterocycles. The van der Waals surface area contributed by atoms with E-state index in [2.05, 4.69) is 10.3 Å². The summed E-state index contributed by atoms with van der Waals surface area (Å²) in [5.41, 5.74) is 5.61. The molecule has 1 heterocycles. The maximum atomic E-state index is 12.0. The van der Waals surface area contributed by atoms with E-state index in [4.69, 9.17) is 15.5 Å². The monoisotopic (exact) mass is 240 g/mol. The Morgan fingerprint density at radius 3 is 2.88 bits per heavy atom. The van der Waals surface area contributed by atoms with Crippen molar-refractivity contribution in [2.45, 2.75) is 20.3 Å². The molecule has 1 rings (SSSR count). The first kappa shape index (κ1) is 13.0. The number of nitrogens with two attached hydrogens (primary N) is 1. The van der Waals surface area contributed by atoms with Gasteiger partial charge in [0.1, 0.15) is 11.6 Å². The molecule has 1 amide bonds. The molecule has 7 nitrogen and oxygen atoms in total. The molecule has 0 saturated carbocycles. The number of amides is 1. The summed E-state index contributed by atoms with van der Waals surface area (Å²) in [6.07, 6.45) is 0.312. The molecule has 0 aromatic carbocycles. The third kappa shape index (κ3) is 3.47. The van der Waals surface area contributed by atoms with Crippen molar-refractivity contribution in [1.82, 2.24) is 10.1 Å². The van der Waals surface area contributed by atoms with Crippen LogP contribution in [0, 0.1) is 6.92 Å². The highest BCUT2D eigenvalue weighted by atomic mass is 16.5. The normalized spacial score (nSPS) is 11.5. The lowest BCUT2D eigenvalue weighted by atomic mass is 10.3. The van der Waals surface area contributed by atoms with Crippen molar-refractivity contribution in [2.24, 2.45) is 10.9 Å². The molecular formula is C10H16N4O3. The number of amidine groups is 1. The standard InChI is InChI=1S/C10H16N4O3/c1-3-14(5-4-9(11)12-16)10(15)8-6-7(2)17-13-8/h6,16H,3-5H2,1-2H3,(H2,11,12). The van der Waals surface area contributed by atoms with Crippen LogP contribution in [-0.4, -0.2) is 40.1 Å². The van der Waals surface area contributed by atoms with E-state index in [9.17, 15) is 4.79 Å². The highest BCUT2D eigenvalue weighted by molar-refractivity contribution is 5.92. The van der Waals surface area contributed by atoms with Crippen LogP contribution in [0.4, 0.5) is 0 Å². The van der Waals surface area contributed by atoms with Crippen LogP contribution in [0.1, 0.15) is 29.6 Å². The molecule has 0 aliphatic rings. The smallest absolute Gasteiger partial charge is 0.276 e. The molecule has 0 fully saturated rings. The molecule has 0 spiro atoms. The molecule has 17 heavy (non-hydrogen) atoms. The average molecular weight is 240 g/mol. The van der Waals surface area contributed by atoms with Crippen molar-refractivity contribution >= 4 is 11.7 Å². The molecule has 0 unspecified atom stereocenters. The van der Waals surface area contributed by atoms with Gasteiger partial charge in [-0.3, -0.25) is 4.79 Å². The number of rotatable bonds is 5. The fourth-order valence-electron chi connectivity index (χ4n) is 1.33. The minimum atomic E-state index is -0.227. The van der Waals surface area contributed by atoms with Gasteiger partial charge in [0.2, 0.25) is 0 Å². The number of aromatic nitrogens is 1. The molecule has 94 valence electrons. The van der Waals surface area contributed by atoms with Crippen LogP contribution in [0.5, 0.6) is 0 Å². The molecule has 7 heteroatoms. The summed E-state index contributed by atoms with van der Waals surface area (Å²) in [5.74, 6) is 0.448. The largest absolute Gasteiger partial charge is 0.409 e. The second-order valence-electron chi connectivity index (χ2n) is 3.55. The van der Waals surface area contributed by atoms with E-state index in [0.717, 1.165) is 0 Å². The zero-order valence-corrected chi connectivity index (χ0v) is 9.88. The van der Waals surface area contributed by atoms with Gasteiger partial charge in [-0.15, -0.1) is 0 Å². The number of hydrogen-bond acceptors (Lipinski definition) is 5.